The molecule has 0 fully saturated rings. The highest BCUT2D eigenvalue weighted by molar-refractivity contribution is 7.98. The topological polar surface area (TPSA) is 131 Å². The van der Waals surface area contributed by atoms with Gasteiger partial charge in [-0.15, -0.1) is 0 Å². The summed E-state index contributed by atoms with van der Waals surface area (Å²) in [7, 11) is 1.70. The Bertz CT molecular complexity index is 1370. The van der Waals surface area contributed by atoms with E-state index in [1.807, 2.05) is 24.3 Å². The van der Waals surface area contributed by atoms with Crippen molar-refractivity contribution in [1.82, 2.24) is 15.2 Å². The fourth-order valence-corrected chi connectivity index (χ4v) is 4.45. The van der Waals surface area contributed by atoms with Gasteiger partial charge >= 0.3 is 0 Å². The lowest BCUT2D eigenvalue weighted by atomic mass is 9.96. The summed E-state index contributed by atoms with van der Waals surface area (Å²) in [6.45, 7) is 0.107. The van der Waals surface area contributed by atoms with Crippen LogP contribution in [0.25, 0.3) is 22.0 Å². The molecule has 0 bridgehead atoms. The molecule has 0 unspecified atom stereocenters. The molecule has 3 N–H and O–H groups in total. The summed E-state index contributed by atoms with van der Waals surface area (Å²) in [5.74, 6) is 1.53. The van der Waals surface area contributed by atoms with Crippen molar-refractivity contribution in [3.63, 3.8) is 0 Å². The molecule has 4 rings (SSSR count). The number of H-pyrrole nitrogens is 1. The Morgan fingerprint density at radius 1 is 1.09 bits per heavy atom. The van der Waals surface area contributed by atoms with Gasteiger partial charge < -0.3 is 15.2 Å². The molecule has 0 spiro atoms. The number of rotatable bonds is 8. The van der Waals surface area contributed by atoms with Crippen molar-refractivity contribution in [2.45, 2.75) is 10.8 Å². The third-order valence-electron chi connectivity index (χ3n) is 5.02. The number of ether oxygens (including phenoxy) is 1. The summed E-state index contributed by atoms with van der Waals surface area (Å²) >= 11 is 1.41. The van der Waals surface area contributed by atoms with Gasteiger partial charge in [0.2, 0.25) is 0 Å². The Kier molecular flexibility index (Phi) is 6.75. The highest BCUT2D eigenvalue weighted by atomic mass is 32.2. The second-order valence-electron chi connectivity index (χ2n) is 6.97. The molecule has 2 heterocycles. The predicted octanol–water partition coefficient (Wildman–Crippen LogP) is 4.07. The molecule has 0 saturated heterocycles. The van der Waals surface area contributed by atoms with Gasteiger partial charge in [-0.2, -0.15) is 15.6 Å². The summed E-state index contributed by atoms with van der Waals surface area (Å²) < 4.78 is 5.42. The lowest BCUT2D eigenvalue weighted by Crippen LogP contribution is -2.04. The highest BCUT2D eigenvalue weighted by Crippen LogP contribution is 2.38. The average molecular weight is 457 g/mol. The number of nitrogens with one attached hydrogen (secondary N) is 2. The lowest BCUT2D eigenvalue weighted by Gasteiger charge is -2.15. The maximum Gasteiger partial charge on any atom is 0.145 e. The number of pyridine rings is 1. The minimum atomic E-state index is -0.0823. The van der Waals surface area contributed by atoms with Gasteiger partial charge in [0.1, 0.15) is 40.9 Å². The van der Waals surface area contributed by atoms with E-state index in [1.165, 1.54) is 11.8 Å². The smallest absolute Gasteiger partial charge is 0.145 e. The zero-order chi connectivity index (χ0) is 23.2. The van der Waals surface area contributed by atoms with E-state index in [4.69, 9.17) is 9.84 Å². The average Bonchev–Trinajstić information content (AvgIpc) is 3.28. The second kappa shape index (κ2) is 10.0. The minimum Gasteiger partial charge on any atom is -0.491 e. The number of thioether (sulfide) groups is 1. The number of nitriles is 2. The third-order valence-corrected chi connectivity index (χ3v) is 6.02. The third kappa shape index (κ3) is 4.46. The minimum absolute atomic E-state index is 0.0823. The zero-order valence-corrected chi connectivity index (χ0v) is 18.6. The predicted molar refractivity (Wildman–Crippen MR) is 127 cm³/mol. The summed E-state index contributed by atoms with van der Waals surface area (Å²) in [6, 6.07) is 19.3. The van der Waals surface area contributed by atoms with E-state index in [0.29, 0.717) is 44.6 Å². The SMILES string of the molecule is CNc1nc(SCc2[nH]nc3ccccc23)c(C#N)c(-c2ccc(OCCO)cc2)c1C#N. The zero-order valence-electron chi connectivity index (χ0n) is 17.8. The van der Waals surface area contributed by atoms with Crippen LogP contribution in [0.3, 0.4) is 0 Å². The fraction of sp³-hybridized carbons (Fsp3) is 0.167. The van der Waals surface area contributed by atoms with Crippen molar-refractivity contribution in [3.8, 4) is 29.0 Å². The molecule has 0 saturated carbocycles. The number of nitrogens with zero attached hydrogens (tertiary/aromatic N) is 4. The van der Waals surface area contributed by atoms with Crippen molar-refractivity contribution in [2.24, 2.45) is 0 Å². The van der Waals surface area contributed by atoms with Gasteiger partial charge in [-0.05, 0) is 23.8 Å². The molecule has 2 aromatic carbocycles. The summed E-state index contributed by atoms with van der Waals surface area (Å²) in [5.41, 5.74) is 3.67. The summed E-state index contributed by atoms with van der Waals surface area (Å²) in [4.78, 5) is 4.58. The van der Waals surface area contributed by atoms with E-state index < -0.39 is 0 Å². The van der Waals surface area contributed by atoms with Gasteiger partial charge in [0, 0.05) is 23.8 Å². The first-order chi connectivity index (χ1) is 16.2. The van der Waals surface area contributed by atoms with Gasteiger partial charge in [-0.3, -0.25) is 5.10 Å². The van der Waals surface area contributed by atoms with Crippen LogP contribution in [0.2, 0.25) is 0 Å². The Balaban J connectivity index is 1.75. The van der Waals surface area contributed by atoms with Gasteiger partial charge in [0.15, 0.2) is 0 Å². The van der Waals surface area contributed by atoms with Crippen LogP contribution >= 0.6 is 11.8 Å². The molecule has 2 aromatic heterocycles. The van der Waals surface area contributed by atoms with Crippen LogP contribution in [0.5, 0.6) is 5.75 Å². The van der Waals surface area contributed by atoms with E-state index in [2.05, 4.69) is 32.6 Å². The van der Waals surface area contributed by atoms with Crippen LogP contribution in [0, 0.1) is 22.7 Å². The molecule has 0 aliphatic rings. The summed E-state index contributed by atoms with van der Waals surface area (Å²) in [6.07, 6.45) is 0. The molecule has 9 heteroatoms. The van der Waals surface area contributed by atoms with Crippen LogP contribution in [0.1, 0.15) is 16.8 Å². The number of fused-ring (bicyclic) bond motifs is 1. The molecule has 0 aliphatic carbocycles. The number of para-hydroxylation sites is 1. The number of aromatic amines is 1. The van der Waals surface area contributed by atoms with Crippen LogP contribution in [0.15, 0.2) is 53.6 Å². The van der Waals surface area contributed by atoms with Gasteiger partial charge in [0.25, 0.3) is 0 Å². The van der Waals surface area contributed by atoms with Gasteiger partial charge in [-0.1, -0.05) is 42.1 Å². The van der Waals surface area contributed by atoms with Crippen molar-refractivity contribution in [2.75, 3.05) is 25.6 Å². The molecule has 8 nitrogen and oxygen atoms in total. The van der Waals surface area contributed by atoms with E-state index in [1.54, 1.807) is 31.3 Å². The number of aliphatic hydroxyl groups excluding tert-OH is 1. The molecule has 0 atom stereocenters. The first-order valence-corrected chi connectivity index (χ1v) is 11.1. The maximum atomic E-state index is 10.0. The lowest BCUT2D eigenvalue weighted by molar-refractivity contribution is 0.201. The van der Waals surface area contributed by atoms with E-state index in [-0.39, 0.29) is 13.2 Å². The molecule has 0 radical (unpaired) electrons. The maximum absolute atomic E-state index is 10.0. The molecule has 33 heavy (non-hydrogen) atoms. The number of hydrogen-bond donors (Lipinski definition) is 3. The number of aromatic nitrogens is 3. The highest BCUT2D eigenvalue weighted by Gasteiger charge is 2.22. The Morgan fingerprint density at radius 2 is 1.85 bits per heavy atom. The van der Waals surface area contributed by atoms with Crippen molar-refractivity contribution < 1.29 is 9.84 Å². The standard InChI is InChI=1S/C24H20N6O2S/c1-27-23-18(12-25)22(15-6-8-16(9-7-15)32-11-10-31)19(13-26)24(28-23)33-14-21-17-4-2-3-5-20(17)29-30-21/h2-9,31H,10-11,14H2,1H3,(H,27,28)(H,29,30). The van der Waals surface area contributed by atoms with Crippen LogP contribution in [-0.4, -0.2) is 40.5 Å². The van der Waals surface area contributed by atoms with E-state index >= 15 is 0 Å². The largest absolute Gasteiger partial charge is 0.491 e. The normalized spacial score (nSPS) is 10.5. The van der Waals surface area contributed by atoms with Crippen LogP contribution in [0.4, 0.5) is 5.82 Å². The number of anilines is 1. The molecule has 4 aromatic rings. The fourth-order valence-electron chi connectivity index (χ4n) is 3.50. The number of aliphatic hydroxyl groups is 1. The van der Waals surface area contributed by atoms with Gasteiger partial charge in [-0.25, -0.2) is 4.98 Å². The first-order valence-electron chi connectivity index (χ1n) is 10.1. The summed E-state index contributed by atoms with van der Waals surface area (Å²) in [5, 5.41) is 40.7. The monoisotopic (exact) mass is 456 g/mol. The quantitative estimate of drug-likeness (QED) is 0.338. The number of benzene rings is 2. The van der Waals surface area contributed by atoms with Crippen LogP contribution in [-0.2, 0) is 5.75 Å². The molecular weight excluding hydrogens is 436 g/mol. The molecule has 0 amide bonds. The Labute approximate surface area is 194 Å². The van der Waals surface area contributed by atoms with Crippen molar-refractivity contribution in [1.29, 1.82) is 10.5 Å². The number of hydrogen-bond acceptors (Lipinski definition) is 8. The Morgan fingerprint density at radius 3 is 2.55 bits per heavy atom. The molecule has 164 valence electrons. The van der Waals surface area contributed by atoms with Crippen molar-refractivity contribution in [3.05, 3.63) is 65.4 Å². The van der Waals surface area contributed by atoms with Gasteiger partial charge in [0.05, 0.1) is 23.4 Å². The van der Waals surface area contributed by atoms with E-state index in [9.17, 15) is 10.5 Å². The first kappa shape index (κ1) is 22.2. The van der Waals surface area contributed by atoms with Crippen LogP contribution < -0.4 is 10.1 Å². The van der Waals surface area contributed by atoms with Crippen molar-refractivity contribution >= 4 is 28.5 Å². The second-order valence-corrected chi connectivity index (χ2v) is 7.93. The van der Waals surface area contributed by atoms with E-state index in [0.717, 1.165) is 16.6 Å². The Hall–Kier alpha value is -4.05. The molecule has 0 aliphatic heterocycles. The molecular formula is C24H20N6O2S.